The van der Waals surface area contributed by atoms with E-state index in [1.165, 1.54) is 23.2 Å². The number of aromatic nitrogens is 2. The molecule has 2 amide bonds. The topological polar surface area (TPSA) is 120 Å². The molecule has 0 spiro atoms. The summed E-state index contributed by atoms with van der Waals surface area (Å²) in [6.45, 7) is 2.69. The quantitative estimate of drug-likeness (QED) is 0.480. The summed E-state index contributed by atoms with van der Waals surface area (Å²) in [5.74, 6) is -0.342. The number of nitro groups is 1. The number of carbonyl (C=O) groups excluding carboxylic acids is 2. The second kappa shape index (κ2) is 8.27. The highest BCUT2D eigenvalue weighted by atomic mass is 16.6. The van der Waals surface area contributed by atoms with E-state index in [0.717, 1.165) is 0 Å². The smallest absolute Gasteiger partial charge is 0.414 e. The van der Waals surface area contributed by atoms with Gasteiger partial charge in [-0.3, -0.25) is 19.8 Å². The molecule has 0 radical (unpaired) electrons. The van der Waals surface area contributed by atoms with E-state index in [1.807, 2.05) is 6.92 Å². The Hall–Kier alpha value is -4.21. The van der Waals surface area contributed by atoms with Gasteiger partial charge in [-0.15, -0.1) is 0 Å². The zero-order valence-electron chi connectivity index (χ0n) is 16.6. The molecule has 1 N–H and O–H groups in total. The van der Waals surface area contributed by atoms with Gasteiger partial charge in [0.2, 0.25) is 0 Å². The number of nitrogens with zero attached hydrogens (tertiary/aromatic N) is 4. The maximum Gasteiger partial charge on any atom is 0.414 e. The Kier molecular flexibility index (Phi) is 5.35. The van der Waals surface area contributed by atoms with Crippen molar-refractivity contribution in [1.29, 1.82) is 0 Å². The Morgan fingerprint density at radius 1 is 1.23 bits per heavy atom. The Balaban J connectivity index is 1.57. The van der Waals surface area contributed by atoms with Crippen molar-refractivity contribution in [2.24, 2.45) is 0 Å². The van der Waals surface area contributed by atoms with E-state index in [9.17, 15) is 19.7 Å². The predicted molar refractivity (Wildman–Crippen MR) is 113 cm³/mol. The van der Waals surface area contributed by atoms with E-state index in [1.54, 1.807) is 41.1 Å². The lowest BCUT2D eigenvalue weighted by Crippen LogP contribution is -2.23. The van der Waals surface area contributed by atoms with Crippen LogP contribution in [0, 0.1) is 10.1 Å². The average molecular weight is 421 g/mol. The molecular formula is C21H19N5O5. The number of cyclic esters (lactones) is 1. The number of ether oxygens (including phenoxy) is 1. The van der Waals surface area contributed by atoms with Crippen LogP contribution in [0.1, 0.15) is 23.0 Å². The fourth-order valence-electron chi connectivity index (χ4n) is 3.42. The Labute approximate surface area is 177 Å². The molecule has 10 nitrogen and oxygen atoms in total. The second-order valence-corrected chi connectivity index (χ2v) is 6.81. The molecule has 0 bridgehead atoms. The van der Waals surface area contributed by atoms with Crippen molar-refractivity contribution in [3.8, 4) is 5.69 Å². The van der Waals surface area contributed by atoms with Gasteiger partial charge in [-0.1, -0.05) is 13.0 Å². The molecule has 2 heterocycles. The zero-order chi connectivity index (χ0) is 22.0. The number of carbonyl (C=O) groups is 2. The van der Waals surface area contributed by atoms with Crippen LogP contribution in [0.4, 0.5) is 21.9 Å². The van der Waals surface area contributed by atoms with Crippen molar-refractivity contribution in [2.45, 2.75) is 13.3 Å². The summed E-state index contributed by atoms with van der Waals surface area (Å²) >= 11 is 0. The van der Waals surface area contributed by atoms with Crippen molar-refractivity contribution in [3.63, 3.8) is 0 Å². The summed E-state index contributed by atoms with van der Waals surface area (Å²) in [6.07, 6.45) is 1.58. The van der Waals surface area contributed by atoms with Crippen LogP contribution >= 0.6 is 0 Å². The van der Waals surface area contributed by atoms with Crippen LogP contribution in [-0.2, 0) is 11.2 Å². The standard InChI is InChI=1S/C21H19N5O5/c1-2-19-18(13-22-25(19)15-6-8-16(9-7-15)26(29)30)20(27)23-14-4-3-5-17(12-14)24-10-11-31-21(24)28/h3-9,12-13H,2,10-11H2,1H3,(H,23,27). The van der Waals surface area contributed by atoms with Crippen molar-refractivity contribution >= 4 is 29.1 Å². The third-order valence-electron chi connectivity index (χ3n) is 4.93. The van der Waals surface area contributed by atoms with Crippen LogP contribution in [0.2, 0.25) is 0 Å². The van der Waals surface area contributed by atoms with Gasteiger partial charge in [0.05, 0.1) is 34.6 Å². The number of hydrogen-bond acceptors (Lipinski definition) is 6. The summed E-state index contributed by atoms with van der Waals surface area (Å²) in [4.78, 5) is 36.6. The van der Waals surface area contributed by atoms with E-state index < -0.39 is 11.0 Å². The van der Waals surface area contributed by atoms with Crippen LogP contribution in [0.15, 0.2) is 54.7 Å². The van der Waals surface area contributed by atoms with E-state index in [-0.39, 0.29) is 11.6 Å². The van der Waals surface area contributed by atoms with E-state index in [2.05, 4.69) is 10.4 Å². The normalized spacial score (nSPS) is 13.2. The summed E-state index contributed by atoms with van der Waals surface area (Å²) in [5, 5.41) is 18.0. The summed E-state index contributed by atoms with van der Waals surface area (Å²) in [7, 11) is 0. The maximum atomic E-state index is 12.9. The highest BCUT2D eigenvalue weighted by Gasteiger charge is 2.24. The minimum absolute atomic E-state index is 0.0197. The fraction of sp³-hybridized carbons (Fsp3) is 0.190. The van der Waals surface area contributed by atoms with Gasteiger partial charge in [0.1, 0.15) is 6.61 Å². The SMILES string of the molecule is CCc1c(C(=O)Nc2cccc(N3CCOC3=O)c2)cnn1-c1ccc([N+](=O)[O-])cc1. The molecule has 1 aromatic heterocycles. The third kappa shape index (κ3) is 3.95. The molecule has 0 unspecified atom stereocenters. The van der Waals surface area contributed by atoms with Crippen molar-refractivity contribution in [2.75, 3.05) is 23.4 Å². The molecule has 1 saturated heterocycles. The van der Waals surface area contributed by atoms with E-state index in [4.69, 9.17) is 4.74 Å². The highest BCUT2D eigenvalue weighted by Crippen LogP contribution is 2.24. The number of rotatable bonds is 6. The first-order valence-corrected chi connectivity index (χ1v) is 9.65. The van der Waals surface area contributed by atoms with Gasteiger partial charge in [-0.2, -0.15) is 5.10 Å². The van der Waals surface area contributed by atoms with Gasteiger partial charge in [0.15, 0.2) is 0 Å². The van der Waals surface area contributed by atoms with E-state index in [0.29, 0.717) is 47.9 Å². The fourth-order valence-corrected chi connectivity index (χ4v) is 3.42. The molecule has 0 aliphatic carbocycles. The van der Waals surface area contributed by atoms with Gasteiger partial charge in [0.25, 0.3) is 11.6 Å². The van der Waals surface area contributed by atoms with Gasteiger partial charge in [0, 0.05) is 23.5 Å². The van der Waals surface area contributed by atoms with Gasteiger partial charge >= 0.3 is 6.09 Å². The average Bonchev–Trinajstić information content (AvgIpc) is 3.40. The van der Waals surface area contributed by atoms with Crippen molar-refractivity contribution in [1.82, 2.24) is 9.78 Å². The van der Waals surface area contributed by atoms with Crippen LogP contribution in [-0.4, -0.2) is 39.9 Å². The van der Waals surface area contributed by atoms with Gasteiger partial charge in [-0.25, -0.2) is 9.48 Å². The largest absolute Gasteiger partial charge is 0.447 e. The molecule has 10 heteroatoms. The van der Waals surface area contributed by atoms with Gasteiger partial charge < -0.3 is 10.1 Å². The zero-order valence-corrected chi connectivity index (χ0v) is 16.6. The first-order valence-electron chi connectivity index (χ1n) is 9.65. The van der Waals surface area contributed by atoms with Gasteiger partial charge in [-0.05, 0) is 36.8 Å². The minimum atomic E-state index is -0.470. The number of nitro benzene ring substituents is 1. The summed E-state index contributed by atoms with van der Waals surface area (Å²) in [5.41, 5.74) is 2.84. The Morgan fingerprint density at radius 2 is 2.00 bits per heavy atom. The summed E-state index contributed by atoms with van der Waals surface area (Å²) in [6, 6.07) is 12.9. The van der Waals surface area contributed by atoms with Crippen LogP contribution < -0.4 is 10.2 Å². The van der Waals surface area contributed by atoms with Crippen LogP contribution in [0.3, 0.4) is 0 Å². The van der Waals surface area contributed by atoms with Crippen molar-refractivity contribution in [3.05, 3.63) is 76.1 Å². The van der Waals surface area contributed by atoms with Crippen LogP contribution in [0.5, 0.6) is 0 Å². The molecule has 1 aliphatic rings. The molecular weight excluding hydrogens is 402 g/mol. The number of nitrogens with one attached hydrogen (secondary N) is 1. The number of benzene rings is 2. The number of amides is 2. The molecule has 2 aromatic carbocycles. The highest BCUT2D eigenvalue weighted by molar-refractivity contribution is 6.05. The maximum absolute atomic E-state index is 12.9. The second-order valence-electron chi connectivity index (χ2n) is 6.81. The van der Waals surface area contributed by atoms with E-state index >= 15 is 0 Å². The molecule has 31 heavy (non-hydrogen) atoms. The molecule has 0 saturated carbocycles. The molecule has 4 rings (SSSR count). The molecule has 1 fully saturated rings. The summed E-state index contributed by atoms with van der Waals surface area (Å²) < 4.78 is 6.55. The first kappa shape index (κ1) is 20.1. The lowest BCUT2D eigenvalue weighted by atomic mass is 10.1. The van der Waals surface area contributed by atoms with Crippen LogP contribution in [0.25, 0.3) is 5.69 Å². The third-order valence-corrected chi connectivity index (χ3v) is 4.93. The number of hydrogen-bond donors (Lipinski definition) is 1. The Morgan fingerprint density at radius 3 is 2.65 bits per heavy atom. The van der Waals surface area contributed by atoms with Crippen molar-refractivity contribution < 1.29 is 19.2 Å². The number of non-ortho nitro benzene ring substituents is 1. The number of anilines is 2. The molecule has 158 valence electrons. The monoisotopic (exact) mass is 421 g/mol. The predicted octanol–water partition coefficient (Wildman–Crippen LogP) is 3.55. The minimum Gasteiger partial charge on any atom is -0.447 e. The Bertz CT molecular complexity index is 1160. The lowest BCUT2D eigenvalue weighted by molar-refractivity contribution is -0.384. The molecule has 3 aromatic rings. The molecule has 1 aliphatic heterocycles. The first-order chi connectivity index (χ1) is 15.0. The lowest BCUT2D eigenvalue weighted by Gasteiger charge is -2.14. The molecule has 0 atom stereocenters.